The van der Waals surface area contributed by atoms with E-state index in [2.05, 4.69) is 20.9 Å². The van der Waals surface area contributed by atoms with Gasteiger partial charge in [0.2, 0.25) is 0 Å². The van der Waals surface area contributed by atoms with Gasteiger partial charge in [0.05, 0.1) is 11.1 Å². The number of pyridine rings is 1. The zero-order chi connectivity index (χ0) is 13.9. The molecule has 1 amide bonds. The standard InChI is InChI=1S/C15H18N4O/c1-16-15(20)12-4-5-13(19-10-6-8-17-9-10)11-3-2-7-18-14(11)12/h2-5,7,10,17,19H,6,8-9H2,1H3,(H,16,20)/t10-/m0/s1. The van der Waals surface area contributed by atoms with Crippen molar-refractivity contribution < 1.29 is 4.79 Å². The van der Waals surface area contributed by atoms with Gasteiger partial charge in [-0.25, -0.2) is 0 Å². The van der Waals surface area contributed by atoms with Gasteiger partial charge in [0, 0.05) is 36.9 Å². The van der Waals surface area contributed by atoms with Crippen molar-refractivity contribution in [2.75, 3.05) is 25.5 Å². The summed E-state index contributed by atoms with van der Waals surface area (Å²) in [6, 6.07) is 8.13. The van der Waals surface area contributed by atoms with E-state index in [0.29, 0.717) is 11.6 Å². The quantitative estimate of drug-likeness (QED) is 0.788. The minimum atomic E-state index is -0.109. The predicted octanol–water partition coefficient (Wildman–Crippen LogP) is 1.37. The highest BCUT2D eigenvalue weighted by Gasteiger charge is 2.17. The molecule has 0 unspecified atom stereocenters. The van der Waals surface area contributed by atoms with Crippen molar-refractivity contribution in [2.45, 2.75) is 12.5 Å². The third-order valence-corrected chi connectivity index (χ3v) is 3.66. The number of hydrogen-bond acceptors (Lipinski definition) is 4. The van der Waals surface area contributed by atoms with Crippen LogP contribution in [0.2, 0.25) is 0 Å². The zero-order valence-electron chi connectivity index (χ0n) is 11.4. The molecular formula is C15H18N4O. The minimum absolute atomic E-state index is 0.109. The fraction of sp³-hybridized carbons (Fsp3) is 0.333. The monoisotopic (exact) mass is 270 g/mol. The molecule has 1 saturated heterocycles. The molecule has 1 aliphatic rings. The van der Waals surface area contributed by atoms with Gasteiger partial charge in [0.1, 0.15) is 0 Å². The van der Waals surface area contributed by atoms with E-state index in [9.17, 15) is 4.79 Å². The smallest absolute Gasteiger partial charge is 0.253 e. The molecule has 2 aromatic rings. The molecule has 3 rings (SSSR count). The van der Waals surface area contributed by atoms with Crippen LogP contribution in [0, 0.1) is 0 Å². The summed E-state index contributed by atoms with van der Waals surface area (Å²) >= 11 is 0. The molecule has 1 aromatic heterocycles. The molecule has 0 aliphatic carbocycles. The van der Waals surface area contributed by atoms with Gasteiger partial charge >= 0.3 is 0 Å². The van der Waals surface area contributed by atoms with Crippen molar-refractivity contribution in [2.24, 2.45) is 0 Å². The maximum absolute atomic E-state index is 11.9. The van der Waals surface area contributed by atoms with Crippen LogP contribution < -0.4 is 16.0 Å². The highest BCUT2D eigenvalue weighted by Crippen LogP contribution is 2.26. The van der Waals surface area contributed by atoms with Crippen molar-refractivity contribution in [1.29, 1.82) is 0 Å². The molecule has 1 aliphatic heterocycles. The number of hydrogen-bond donors (Lipinski definition) is 3. The second-order valence-electron chi connectivity index (χ2n) is 4.97. The number of fused-ring (bicyclic) bond motifs is 1. The topological polar surface area (TPSA) is 66.1 Å². The largest absolute Gasteiger partial charge is 0.380 e. The van der Waals surface area contributed by atoms with Crippen LogP contribution in [0.4, 0.5) is 5.69 Å². The van der Waals surface area contributed by atoms with Crippen molar-refractivity contribution in [3.8, 4) is 0 Å². The van der Waals surface area contributed by atoms with Crippen LogP contribution in [0.15, 0.2) is 30.5 Å². The Kier molecular flexibility index (Phi) is 3.52. The van der Waals surface area contributed by atoms with E-state index in [0.717, 1.165) is 36.1 Å². The summed E-state index contributed by atoms with van der Waals surface area (Å²) in [4.78, 5) is 16.3. The molecule has 2 heterocycles. The Morgan fingerprint density at radius 3 is 3.05 bits per heavy atom. The molecule has 1 atom stereocenters. The molecule has 1 fully saturated rings. The van der Waals surface area contributed by atoms with Crippen LogP contribution in [0.5, 0.6) is 0 Å². The van der Waals surface area contributed by atoms with Crippen molar-refractivity contribution in [3.05, 3.63) is 36.0 Å². The van der Waals surface area contributed by atoms with Crippen molar-refractivity contribution in [3.63, 3.8) is 0 Å². The third kappa shape index (κ3) is 2.32. The predicted molar refractivity (Wildman–Crippen MR) is 80.0 cm³/mol. The molecule has 1 aromatic carbocycles. The highest BCUT2D eigenvalue weighted by atomic mass is 16.1. The normalized spacial score (nSPS) is 18.1. The average molecular weight is 270 g/mol. The lowest BCUT2D eigenvalue weighted by molar-refractivity contribution is 0.0964. The first-order valence-corrected chi connectivity index (χ1v) is 6.86. The van der Waals surface area contributed by atoms with Crippen LogP contribution in [-0.4, -0.2) is 37.1 Å². The third-order valence-electron chi connectivity index (χ3n) is 3.66. The highest BCUT2D eigenvalue weighted by molar-refractivity contribution is 6.08. The summed E-state index contributed by atoms with van der Waals surface area (Å²) in [5, 5.41) is 10.5. The van der Waals surface area contributed by atoms with Crippen LogP contribution >= 0.6 is 0 Å². The number of nitrogens with zero attached hydrogens (tertiary/aromatic N) is 1. The van der Waals surface area contributed by atoms with E-state index < -0.39 is 0 Å². The molecule has 20 heavy (non-hydrogen) atoms. The Morgan fingerprint density at radius 2 is 2.30 bits per heavy atom. The molecule has 5 nitrogen and oxygen atoms in total. The lowest BCUT2D eigenvalue weighted by atomic mass is 10.1. The molecular weight excluding hydrogens is 252 g/mol. The summed E-state index contributed by atoms with van der Waals surface area (Å²) in [5.74, 6) is -0.109. The van der Waals surface area contributed by atoms with Gasteiger partial charge in [-0.1, -0.05) is 0 Å². The Labute approximate surface area is 117 Å². The molecule has 0 radical (unpaired) electrons. The van der Waals surface area contributed by atoms with E-state index in [1.807, 2.05) is 24.3 Å². The fourth-order valence-corrected chi connectivity index (χ4v) is 2.61. The number of carbonyl (C=O) groups is 1. The Hall–Kier alpha value is -2.14. The van der Waals surface area contributed by atoms with Gasteiger partial charge in [-0.3, -0.25) is 9.78 Å². The van der Waals surface area contributed by atoms with Gasteiger partial charge in [-0.2, -0.15) is 0 Å². The van der Waals surface area contributed by atoms with E-state index in [1.165, 1.54) is 0 Å². The number of rotatable bonds is 3. The zero-order valence-corrected chi connectivity index (χ0v) is 11.4. The first-order chi connectivity index (χ1) is 9.79. The number of aromatic nitrogens is 1. The fourth-order valence-electron chi connectivity index (χ4n) is 2.61. The summed E-state index contributed by atoms with van der Waals surface area (Å²) in [7, 11) is 1.63. The molecule has 0 saturated carbocycles. The average Bonchev–Trinajstić information content (AvgIpc) is 3.00. The molecule has 5 heteroatoms. The maximum atomic E-state index is 11.9. The van der Waals surface area contributed by atoms with E-state index in [1.54, 1.807) is 13.2 Å². The van der Waals surface area contributed by atoms with E-state index >= 15 is 0 Å². The second kappa shape index (κ2) is 5.46. The summed E-state index contributed by atoms with van der Waals surface area (Å²) in [6.45, 7) is 2.02. The lowest BCUT2D eigenvalue weighted by Crippen LogP contribution is -2.23. The van der Waals surface area contributed by atoms with Gasteiger partial charge in [0.25, 0.3) is 5.91 Å². The summed E-state index contributed by atoms with van der Waals surface area (Å²) < 4.78 is 0. The van der Waals surface area contributed by atoms with Crippen LogP contribution in [0.25, 0.3) is 10.9 Å². The van der Waals surface area contributed by atoms with Crippen LogP contribution in [0.3, 0.4) is 0 Å². The first-order valence-electron chi connectivity index (χ1n) is 6.86. The van der Waals surface area contributed by atoms with Gasteiger partial charge in [0.15, 0.2) is 0 Å². The summed E-state index contributed by atoms with van der Waals surface area (Å²) in [5.41, 5.74) is 2.38. The SMILES string of the molecule is CNC(=O)c1ccc(N[C@H]2CCNC2)c2cccnc12. The van der Waals surface area contributed by atoms with Crippen molar-refractivity contribution in [1.82, 2.24) is 15.6 Å². The number of carbonyl (C=O) groups excluding carboxylic acids is 1. The molecule has 0 spiro atoms. The summed E-state index contributed by atoms with van der Waals surface area (Å²) in [6.07, 6.45) is 2.83. The minimum Gasteiger partial charge on any atom is -0.380 e. The number of anilines is 1. The maximum Gasteiger partial charge on any atom is 0.253 e. The Balaban J connectivity index is 2.03. The van der Waals surface area contributed by atoms with Gasteiger partial charge < -0.3 is 16.0 Å². The first kappa shape index (κ1) is 12.9. The van der Waals surface area contributed by atoms with Gasteiger partial charge in [-0.05, 0) is 37.2 Å². The molecule has 0 bridgehead atoms. The van der Waals surface area contributed by atoms with E-state index in [4.69, 9.17) is 0 Å². The molecule has 3 N–H and O–H groups in total. The van der Waals surface area contributed by atoms with Crippen molar-refractivity contribution >= 4 is 22.5 Å². The second-order valence-corrected chi connectivity index (χ2v) is 4.97. The van der Waals surface area contributed by atoms with Crippen LogP contribution in [0.1, 0.15) is 16.8 Å². The Morgan fingerprint density at radius 1 is 1.40 bits per heavy atom. The molecule has 104 valence electrons. The van der Waals surface area contributed by atoms with Crippen LogP contribution in [-0.2, 0) is 0 Å². The number of amides is 1. The number of nitrogens with one attached hydrogen (secondary N) is 3. The number of benzene rings is 1. The van der Waals surface area contributed by atoms with Gasteiger partial charge in [-0.15, -0.1) is 0 Å². The van der Waals surface area contributed by atoms with E-state index in [-0.39, 0.29) is 5.91 Å². The lowest BCUT2D eigenvalue weighted by Gasteiger charge is -2.16. The Bertz CT molecular complexity index is 635.